The van der Waals surface area contributed by atoms with Gasteiger partial charge in [-0.2, -0.15) is 0 Å². The highest BCUT2D eigenvalue weighted by molar-refractivity contribution is 7.22. The first-order valence-electron chi connectivity index (χ1n) is 11.6. The molecule has 2 aliphatic heterocycles. The van der Waals surface area contributed by atoms with Crippen molar-refractivity contribution in [2.75, 3.05) is 36.5 Å². The molecule has 2 aromatic heterocycles. The molecule has 0 unspecified atom stereocenters. The maximum absolute atomic E-state index is 13.5. The van der Waals surface area contributed by atoms with Crippen LogP contribution in [0.4, 0.5) is 10.8 Å². The number of fused-ring (bicyclic) bond motifs is 2. The van der Waals surface area contributed by atoms with E-state index >= 15 is 0 Å². The molecule has 0 saturated carbocycles. The van der Waals surface area contributed by atoms with Crippen LogP contribution < -0.4 is 10.2 Å². The first kappa shape index (κ1) is 21.8. The Balaban J connectivity index is 1.25. The lowest BCUT2D eigenvalue weighted by molar-refractivity contribution is -0.121. The number of aromatic nitrogens is 1. The van der Waals surface area contributed by atoms with Crippen molar-refractivity contribution in [3.05, 3.63) is 77.7 Å². The monoisotopic (exact) mass is 488 g/mol. The highest BCUT2D eigenvalue weighted by atomic mass is 32.1. The van der Waals surface area contributed by atoms with Crippen LogP contribution in [0.5, 0.6) is 0 Å². The van der Waals surface area contributed by atoms with Crippen molar-refractivity contribution in [3.8, 4) is 0 Å². The quantitative estimate of drug-likeness (QED) is 0.468. The van der Waals surface area contributed by atoms with Gasteiger partial charge in [0.15, 0.2) is 10.9 Å². The molecule has 2 amide bonds. The standard InChI is InChI=1S/C26H24N4O4S/c31-24(27-19-7-8-20-23(15-19)35-26(28-20)29-9-12-33-13-10-29)21-14-17-4-1-2-5-18(17)16-30(21)25(32)22-6-3-11-34-22/h1-8,11,15,21H,9-10,12-14,16H2,(H,27,31)/t21-/m0/s1. The number of benzene rings is 2. The Kier molecular flexibility index (Phi) is 5.71. The summed E-state index contributed by atoms with van der Waals surface area (Å²) < 4.78 is 11.8. The minimum absolute atomic E-state index is 0.225. The topological polar surface area (TPSA) is 87.9 Å². The SMILES string of the molecule is O=C(Nc1ccc2nc(N3CCOCC3)sc2c1)[C@@H]1Cc2ccccc2CN1C(=O)c1ccco1. The third-order valence-electron chi connectivity index (χ3n) is 6.47. The fourth-order valence-electron chi connectivity index (χ4n) is 4.62. The Morgan fingerprint density at radius 2 is 1.86 bits per heavy atom. The summed E-state index contributed by atoms with van der Waals surface area (Å²) in [4.78, 5) is 35.2. The van der Waals surface area contributed by atoms with E-state index in [-0.39, 0.29) is 17.6 Å². The van der Waals surface area contributed by atoms with Crippen LogP contribution in [0.15, 0.2) is 65.3 Å². The number of carbonyl (C=O) groups excluding carboxylic acids is 2. The number of morpholine rings is 1. The van der Waals surface area contributed by atoms with E-state index in [1.54, 1.807) is 28.4 Å². The minimum Gasteiger partial charge on any atom is -0.459 e. The molecule has 1 fully saturated rings. The van der Waals surface area contributed by atoms with Crippen molar-refractivity contribution in [2.24, 2.45) is 0 Å². The van der Waals surface area contributed by atoms with Crippen molar-refractivity contribution in [2.45, 2.75) is 19.0 Å². The van der Waals surface area contributed by atoms with Crippen LogP contribution in [-0.4, -0.2) is 54.0 Å². The summed E-state index contributed by atoms with van der Waals surface area (Å²) in [5.74, 6) is -0.293. The van der Waals surface area contributed by atoms with Gasteiger partial charge in [-0.3, -0.25) is 9.59 Å². The number of hydrogen-bond donors (Lipinski definition) is 1. The number of nitrogens with zero attached hydrogens (tertiary/aromatic N) is 3. The maximum Gasteiger partial charge on any atom is 0.290 e. The number of nitrogens with one attached hydrogen (secondary N) is 1. The lowest BCUT2D eigenvalue weighted by atomic mass is 9.93. The molecule has 1 N–H and O–H groups in total. The largest absolute Gasteiger partial charge is 0.459 e. The molecule has 0 aliphatic carbocycles. The fourth-order valence-corrected chi connectivity index (χ4v) is 5.67. The molecular formula is C26H24N4O4S. The Morgan fingerprint density at radius 1 is 1.03 bits per heavy atom. The predicted octanol–water partition coefficient (Wildman–Crippen LogP) is 3.93. The van der Waals surface area contributed by atoms with Gasteiger partial charge in [0, 0.05) is 31.7 Å². The summed E-state index contributed by atoms with van der Waals surface area (Å²) in [6, 6.07) is 16.3. The number of carbonyl (C=O) groups is 2. The van der Waals surface area contributed by atoms with Gasteiger partial charge in [-0.25, -0.2) is 4.98 Å². The smallest absolute Gasteiger partial charge is 0.290 e. The molecule has 9 heteroatoms. The number of hydrogen-bond acceptors (Lipinski definition) is 7. The fraction of sp³-hybridized carbons (Fsp3) is 0.269. The minimum atomic E-state index is -0.649. The van der Waals surface area contributed by atoms with Crippen molar-refractivity contribution in [1.82, 2.24) is 9.88 Å². The van der Waals surface area contributed by atoms with Gasteiger partial charge in [0.05, 0.1) is 29.7 Å². The van der Waals surface area contributed by atoms with Crippen LogP contribution in [0.2, 0.25) is 0 Å². The van der Waals surface area contributed by atoms with E-state index < -0.39 is 6.04 Å². The molecule has 0 spiro atoms. The molecule has 0 radical (unpaired) electrons. The Hall–Kier alpha value is -3.69. The van der Waals surface area contributed by atoms with E-state index in [2.05, 4.69) is 10.2 Å². The molecule has 178 valence electrons. The third-order valence-corrected chi connectivity index (χ3v) is 7.55. The normalized spacial score (nSPS) is 17.9. The van der Waals surface area contributed by atoms with Crippen LogP contribution in [0.1, 0.15) is 21.7 Å². The summed E-state index contributed by atoms with van der Waals surface area (Å²) in [6.07, 6.45) is 1.91. The van der Waals surface area contributed by atoms with Crippen molar-refractivity contribution < 1.29 is 18.7 Å². The second-order valence-corrected chi connectivity index (χ2v) is 9.68. The van der Waals surface area contributed by atoms with Gasteiger partial charge in [0.1, 0.15) is 6.04 Å². The second kappa shape index (κ2) is 9.16. The third kappa shape index (κ3) is 4.28. The zero-order valence-corrected chi connectivity index (χ0v) is 19.8. The van der Waals surface area contributed by atoms with E-state index in [1.165, 1.54) is 6.26 Å². The molecule has 6 rings (SSSR count). The predicted molar refractivity (Wildman–Crippen MR) is 134 cm³/mol. The van der Waals surface area contributed by atoms with E-state index in [0.29, 0.717) is 31.9 Å². The lowest BCUT2D eigenvalue weighted by Crippen LogP contribution is -2.50. The molecular weight excluding hydrogens is 464 g/mol. The average molecular weight is 489 g/mol. The number of ether oxygens (including phenoxy) is 1. The summed E-state index contributed by atoms with van der Waals surface area (Å²) in [5.41, 5.74) is 3.70. The van der Waals surface area contributed by atoms with Crippen LogP contribution in [0.3, 0.4) is 0 Å². The number of anilines is 2. The van der Waals surface area contributed by atoms with Gasteiger partial charge in [-0.1, -0.05) is 35.6 Å². The van der Waals surface area contributed by atoms with E-state index in [4.69, 9.17) is 14.1 Å². The van der Waals surface area contributed by atoms with Crippen LogP contribution in [-0.2, 0) is 22.5 Å². The van der Waals surface area contributed by atoms with Gasteiger partial charge < -0.3 is 24.3 Å². The summed E-state index contributed by atoms with van der Waals surface area (Å²) in [6.45, 7) is 3.41. The van der Waals surface area contributed by atoms with Crippen LogP contribution in [0.25, 0.3) is 10.2 Å². The number of rotatable bonds is 4. The summed E-state index contributed by atoms with van der Waals surface area (Å²) in [7, 11) is 0. The molecule has 2 aromatic carbocycles. The molecule has 4 aromatic rings. The molecule has 2 aliphatic rings. The van der Waals surface area contributed by atoms with Crippen molar-refractivity contribution >= 4 is 44.2 Å². The molecule has 1 saturated heterocycles. The van der Waals surface area contributed by atoms with E-state index in [0.717, 1.165) is 39.6 Å². The summed E-state index contributed by atoms with van der Waals surface area (Å²) >= 11 is 1.61. The zero-order chi connectivity index (χ0) is 23.8. The molecule has 35 heavy (non-hydrogen) atoms. The van der Waals surface area contributed by atoms with Gasteiger partial charge in [0.2, 0.25) is 5.91 Å². The van der Waals surface area contributed by atoms with Crippen LogP contribution in [0, 0.1) is 0 Å². The Morgan fingerprint density at radius 3 is 2.66 bits per heavy atom. The Labute approximate surface area is 206 Å². The number of amides is 2. The van der Waals surface area contributed by atoms with E-state index in [1.807, 2.05) is 42.5 Å². The van der Waals surface area contributed by atoms with Crippen molar-refractivity contribution in [1.29, 1.82) is 0 Å². The molecule has 0 bridgehead atoms. The first-order chi connectivity index (χ1) is 17.2. The lowest BCUT2D eigenvalue weighted by Gasteiger charge is -2.35. The van der Waals surface area contributed by atoms with Crippen LogP contribution >= 0.6 is 11.3 Å². The molecule has 8 nitrogen and oxygen atoms in total. The average Bonchev–Trinajstić information content (AvgIpc) is 3.58. The number of furan rings is 1. The first-order valence-corrected chi connectivity index (χ1v) is 12.4. The van der Waals surface area contributed by atoms with Gasteiger partial charge in [0.25, 0.3) is 5.91 Å². The molecule has 4 heterocycles. The van der Waals surface area contributed by atoms with Crippen molar-refractivity contribution in [3.63, 3.8) is 0 Å². The van der Waals surface area contributed by atoms with Gasteiger partial charge in [-0.15, -0.1) is 0 Å². The second-order valence-electron chi connectivity index (χ2n) is 8.67. The highest BCUT2D eigenvalue weighted by Gasteiger charge is 2.36. The summed E-state index contributed by atoms with van der Waals surface area (Å²) in [5, 5.41) is 4.00. The van der Waals surface area contributed by atoms with Gasteiger partial charge in [-0.05, 0) is 41.5 Å². The Bertz CT molecular complexity index is 1380. The zero-order valence-electron chi connectivity index (χ0n) is 19.0. The maximum atomic E-state index is 13.5. The van der Waals surface area contributed by atoms with E-state index in [9.17, 15) is 9.59 Å². The van der Waals surface area contributed by atoms with Gasteiger partial charge >= 0.3 is 0 Å². The number of thiazole rings is 1. The highest BCUT2D eigenvalue weighted by Crippen LogP contribution is 2.32. The molecule has 1 atom stereocenters.